The van der Waals surface area contributed by atoms with Gasteiger partial charge in [0, 0.05) is 27.2 Å². The van der Waals surface area contributed by atoms with Gasteiger partial charge in [-0.2, -0.15) is 4.68 Å². The van der Waals surface area contributed by atoms with Crippen LogP contribution in [0.15, 0.2) is 157 Å². The minimum atomic E-state index is 0.931. The average Bonchev–Trinajstić information content (AvgIpc) is 3.53. The van der Waals surface area contributed by atoms with Gasteiger partial charge < -0.3 is 4.57 Å². The van der Waals surface area contributed by atoms with Crippen LogP contribution in [0.1, 0.15) is 11.1 Å². The summed E-state index contributed by atoms with van der Waals surface area (Å²) in [7, 11) is 0. The highest BCUT2D eigenvalue weighted by atomic mass is 15.6. The van der Waals surface area contributed by atoms with E-state index in [0.717, 1.165) is 39.5 Å². The van der Waals surface area contributed by atoms with Crippen molar-refractivity contribution >= 4 is 55.3 Å². The molecular formula is C38H25N4+. The van der Waals surface area contributed by atoms with Crippen molar-refractivity contribution in [3.05, 3.63) is 163 Å². The molecule has 3 heterocycles. The van der Waals surface area contributed by atoms with Gasteiger partial charge in [0.1, 0.15) is 0 Å². The van der Waals surface area contributed by atoms with Crippen LogP contribution in [-0.2, 0) is 0 Å². The minimum absolute atomic E-state index is 0.931. The van der Waals surface area contributed by atoms with Crippen LogP contribution in [0.25, 0.3) is 49.3 Å². The summed E-state index contributed by atoms with van der Waals surface area (Å²) >= 11 is 0. The second-order valence-corrected chi connectivity index (χ2v) is 10.7. The molecule has 1 aliphatic rings. The molecule has 0 atom stereocenters. The molecule has 0 unspecified atom stereocenters. The van der Waals surface area contributed by atoms with Crippen molar-refractivity contribution in [1.29, 1.82) is 0 Å². The smallest absolute Gasteiger partial charge is 0.296 e. The third kappa shape index (κ3) is 3.23. The Kier molecular flexibility index (Phi) is 4.87. The molecule has 0 saturated heterocycles. The van der Waals surface area contributed by atoms with Gasteiger partial charge in [0.2, 0.25) is 0 Å². The van der Waals surface area contributed by atoms with Crippen molar-refractivity contribution in [2.75, 3.05) is 0 Å². The molecule has 4 heteroatoms. The van der Waals surface area contributed by atoms with Gasteiger partial charge in [-0.3, -0.25) is 0 Å². The first-order chi connectivity index (χ1) is 20.9. The van der Waals surface area contributed by atoms with Gasteiger partial charge in [0.05, 0.1) is 33.2 Å². The molecule has 1 aliphatic heterocycles. The van der Waals surface area contributed by atoms with Crippen LogP contribution in [-0.4, -0.2) is 25.6 Å². The number of amidine groups is 2. The lowest BCUT2D eigenvalue weighted by atomic mass is 10.1. The van der Waals surface area contributed by atoms with Gasteiger partial charge in [-0.25, -0.2) is 0 Å². The number of benzene rings is 6. The van der Waals surface area contributed by atoms with Crippen LogP contribution in [0.2, 0.25) is 0 Å². The van der Waals surface area contributed by atoms with Crippen molar-refractivity contribution in [1.82, 2.24) is 9.24 Å². The topological polar surface area (TPSA) is 25.2 Å². The molecule has 0 saturated carbocycles. The average molecular weight is 538 g/mol. The van der Waals surface area contributed by atoms with E-state index >= 15 is 0 Å². The van der Waals surface area contributed by atoms with E-state index in [1.54, 1.807) is 0 Å². The van der Waals surface area contributed by atoms with Crippen LogP contribution in [0.4, 0.5) is 0 Å². The molecule has 0 radical (unpaired) electrons. The van der Waals surface area contributed by atoms with Gasteiger partial charge >= 0.3 is 0 Å². The van der Waals surface area contributed by atoms with E-state index in [1.807, 2.05) is 0 Å². The summed E-state index contributed by atoms with van der Waals surface area (Å²) in [4.78, 5) is 5.11. The van der Waals surface area contributed by atoms with Gasteiger partial charge in [-0.15, -0.1) is 4.68 Å². The maximum atomic E-state index is 5.11. The molecule has 0 aliphatic carbocycles. The highest BCUT2D eigenvalue weighted by Gasteiger charge is 2.35. The largest absolute Gasteiger partial charge is 0.309 e. The van der Waals surface area contributed by atoms with Crippen molar-refractivity contribution < 1.29 is 4.68 Å². The molecule has 8 aromatic rings. The molecule has 0 amide bonds. The van der Waals surface area contributed by atoms with Crippen molar-refractivity contribution in [3.8, 4) is 5.69 Å². The molecule has 0 spiro atoms. The van der Waals surface area contributed by atoms with Crippen LogP contribution in [0.5, 0.6) is 0 Å². The summed E-state index contributed by atoms with van der Waals surface area (Å²) in [6.45, 7) is 0. The Morgan fingerprint density at radius 2 is 0.976 bits per heavy atom. The van der Waals surface area contributed by atoms with Crippen LogP contribution >= 0.6 is 0 Å². The number of aliphatic imine (C=N–C) groups is 1. The highest BCUT2D eigenvalue weighted by molar-refractivity contribution is 6.20. The van der Waals surface area contributed by atoms with Gasteiger partial charge in [0.15, 0.2) is 0 Å². The maximum Gasteiger partial charge on any atom is 0.296 e. The number of nitrogens with zero attached hydrogens (tertiary/aromatic N) is 4. The minimum Gasteiger partial charge on any atom is -0.309 e. The Labute approximate surface area is 242 Å². The second-order valence-electron chi connectivity index (χ2n) is 10.7. The van der Waals surface area contributed by atoms with E-state index in [9.17, 15) is 0 Å². The Morgan fingerprint density at radius 3 is 1.69 bits per heavy atom. The fourth-order valence-electron chi connectivity index (χ4n) is 6.47. The predicted molar refractivity (Wildman–Crippen MR) is 173 cm³/mol. The number of hydrogen-bond acceptors (Lipinski definition) is 1. The van der Waals surface area contributed by atoms with Crippen LogP contribution < -0.4 is 0 Å². The lowest BCUT2D eigenvalue weighted by Crippen LogP contribution is -2.41. The van der Waals surface area contributed by atoms with Gasteiger partial charge in [-0.05, 0) is 60.7 Å². The Balaban J connectivity index is 1.43. The summed E-state index contributed by atoms with van der Waals surface area (Å²) < 4.78 is 7.03. The fraction of sp³-hybridized carbons (Fsp3) is 0. The standard InChI is InChI=1S/C38H25N4/c1-4-14-26(15-5-1)37-39-38(27-16-6-2-7-17-27)42(37)41-34-23-13-11-21-30(34)32-24-31-29-20-10-12-22-33(29)40(35(31)25-36(32)41)28-18-8-3-9-19-28/h1-25H/q+1. The van der Waals surface area contributed by atoms with Crippen molar-refractivity contribution in [2.24, 2.45) is 4.99 Å². The summed E-state index contributed by atoms with van der Waals surface area (Å²) in [6.07, 6.45) is 0. The number of para-hydroxylation sites is 3. The van der Waals surface area contributed by atoms with Crippen molar-refractivity contribution in [2.45, 2.75) is 0 Å². The maximum absolute atomic E-state index is 5.11. The third-order valence-electron chi connectivity index (χ3n) is 8.33. The first-order valence-electron chi connectivity index (χ1n) is 14.3. The summed E-state index contributed by atoms with van der Waals surface area (Å²) in [5.41, 5.74) is 7.99. The molecule has 0 fully saturated rings. The first-order valence-corrected chi connectivity index (χ1v) is 14.3. The number of fused-ring (bicyclic) bond motifs is 6. The number of hydrogen-bond donors (Lipinski definition) is 0. The molecule has 0 bridgehead atoms. The van der Waals surface area contributed by atoms with Crippen LogP contribution in [0.3, 0.4) is 0 Å². The molecule has 6 aromatic carbocycles. The Morgan fingerprint density at radius 1 is 0.429 bits per heavy atom. The quantitative estimate of drug-likeness (QED) is 0.201. The predicted octanol–water partition coefficient (Wildman–Crippen LogP) is 8.57. The zero-order valence-electron chi connectivity index (χ0n) is 22.7. The highest BCUT2D eigenvalue weighted by Crippen LogP contribution is 2.39. The Bertz CT molecular complexity index is 2380. The number of aromatic nitrogens is 2. The van der Waals surface area contributed by atoms with E-state index in [4.69, 9.17) is 4.99 Å². The van der Waals surface area contributed by atoms with Crippen molar-refractivity contribution in [3.63, 3.8) is 0 Å². The van der Waals surface area contributed by atoms with E-state index in [-0.39, 0.29) is 0 Å². The molecule has 42 heavy (non-hydrogen) atoms. The molecular weight excluding hydrogens is 512 g/mol. The summed E-state index contributed by atoms with van der Waals surface area (Å²) in [6, 6.07) is 53.7. The SMILES string of the molecule is c1ccc(C2=NC(c3ccccc3)=[N+]2n2c3ccccc3c3cc4c5ccccc5n(-c5ccccc5)c4cc32)cc1. The van der Waals surface area contributed by atoms with E-state index in [1.165, 1.54) is 32.6 Å². The second kappa shape index (κ2) is 8.88. The number of rotatable bonds is 4. The molecule has 9 rings (SSSR count). The lowest BCUT2D eigenvalue weighted by Gasteiger charge is -2.21. The summed E-state index contributed by atoms with van der Waals surface area (Å²) in [5.74, 6) is 1.86. The Hall–Kier alpha value is -5.74. The lowest BCUT2D eigenvalue weighted by molar-refractivity contribution is -0.475. The molecule has 2 aromatic heterocycles. The molecule has 196 valence electrons. The van der Waals surface area contributed by atoms with E-state index in [0.29, 0.717) is 0 Å². The first kappa shape index (κ1) is 23.0. The summed E-state index contributed by atoms with van der Waals surface area (Å²) in [5, 5.41) is 4.94. The zero-order chi connectivity index (χ0) is 27.6. The van der Waals surface area contributed by atoms with E-state index < -0.39 is 0 Å². The van der Waals surface area contributed by atoms with Gasteiger partial charge in [-0.1, -0.05) is 96.0 Å². The normalized spacial score (nSPS) is 13.3. The van der Waals surface area contributed by atoms with Crippen LogP contribution in [0, 0.1) is 0 Å². The van der Waals surface area contributed by atoms with Gasteiger partial charge in [0.25, 0.3) is 11.7 Å². The zero-order valence-corrected chi connectivity index (χ0v) is 22.7. The molecule has 0 N–H and O–H groups in total. The third-order valence-corrected chi connectivity index (χ3v) is 8.33. The molecule has 4 nitrogen and oxygen atoms in total. The fourth-order valence-corrected chi connectivity index (χ4v) is 6.47. The monoisotopic (exact) mass is 537 g/mol. The van der Waals surface area contributed by atoms with E-state index in [2.05, 4.69) is 166 Å².